The number of hydrogen-bond donors (Lipinski definition) is 0. The molecule has 2 aromatic heterocycles. The summed E-state index contributed by atoms with van der Waals surface area (Å²) in [5, 5.41) is 4.37. The van der Waals surface area contributed by atoms with Gasteiger partial charge in [0.15, 0.2) is 0 Å². The van der Waals surface area contributed by atoms with E-state index in [4.69, 9.17) is 18.6 Å². The van der Waals surface area contributed by atoms with Crippen LogP contribution in [0.25, 0.3) is 154 Å². The summed E-state index contributed by atoms with van der Waals surface area (Å²) in [5.74, 6) is 0. The van der Waals surface area contributed by atoms with Crippen LogP contribution < -0.4 is 10.9 Å². The van der Waals surface area contributed by atoms with Crippen LogP contribution in [-0.2, 0) is 18.6 Å². The molecule has 0 spiro atoms. The lowest BCUT2D eigenvalue weighted by Gasteiger charge is -2.32. The number of benzene rings is 14. The Balaban J connectivity index is 0.000000172. The minimum atomic E-state index is -0.464. The lowest BCUT2D eigenvalue weighted by atomic mass is 9.72. The van der Waals surface area contributed by atoms with Crippen LogP contribution in [-0.4, -0.2) is 36.6 Å². The fourth-order valence-corrected chi connectivity index (χ4v) is 18.2. The minimum absolute atomic E-state index is 0. The smallest absolute Gasteiger partial charge is 0.399 e. The monoisotopic (exact) mass is 1530 g/mol. The molecular weight excluding hydrogens is 1430 g/mol. The molecule has 0 aliphatic carbocycles. The normalized spacial score (nSPS) is 14.4. The van der Waals surface area contributed by atoms with Crippen molar-refractivity contribution in [1.82, 2.24) is 0 Å². The molecule has 0 radical (unpaired) electrons. The first-order valence-corrected chi connectivity index (χ1v) is 41.3. The largest absolute Gasteiger partial charge is 0.494 e. The summed E-state index contributed by atoms with van der Waals surface area (Å²) in [4.78, 5) is 2.64. The van der Waals surface area contributed by atoms with E-state index in [-0.39, 0.29) is 7.43 Å². The van der Waals surface area contributed by atoms with E-state index >= 15 is 0 Å². The van der Waals surface area contributed by atoms with Gasteiger partial charge >= 0.3 is 14.2 Å². The molecule has 115 heavy (non-hydrogen) atoms. The van der Waals surface area contributed by atoms with Gasteiger partial charge in [0, 0.05) is 9.75 Å². The Morgan fingerprint density at radius 3 is 0.496 bits per heavy atom. The molecule has 564 valence electrons. The lowest BCUT2D eigenvalue weighted by Crippen LogP contribution is -2.41. The number of hydrogen-bond acceptors (Lipinski definition) is 6. The summed E-state index contributed by atoms with van der Waals surface area (Å²) in [5.41, 5.74) is 33.5. The van der Waals surface area contributed by atoms with Crippen molar-refractivity contribution in [3.63, 3.8) is 0 Å². The fraction of sp³-hybridized carbons (Fsp3) is 0.140. The first kappa shape index (κ1) is 77.4. The molecule has 18 rings (SSSR count). The van der Waals surface area contributed by atoms with Crippen molar-refractivity contribution in [3.8, 4) is 154 Å². The van der Waals surface area contributed by atoms with Gasteiger partial charge in [-0.05, 0) is 259 Å². The molecule has 0 N–H and O–H groups in total. The molecule has 2 aliphatic heterocycles. The van der Waals surface area contributed by atoms with Crippen LogP contribution in [0.3, 0.4) is 0 Å². The lowest BCUT2D eigenvalue weighted by molar-refractivity contribution is 0.00578. The van der Waals surface area contributed by atoms with Crippen LogP contribution in [0.5, 0.6) is 0 Å². The molecule has 8 heteroatoms. The molecule has 0 amide bonds. The van der Waals surface area contributed by atoms with E-state index < -0.39 is 36.6 Å². The van der Waals surface area contributed by atoms with Gasteiger partial charge in [0.25, 0.3) is 0 Å². The van der Waals surface area contributed by atoms with Gasteiger partial charge in [0.1, 0.15) is 0 Å². The highest BCUT2D eigenvalue weighted by Crippen LogP contribution is 2.59. The summed E-state index contributed by atoms with van der Waals surface area (Å²) >= 11 is 3.61. The van der Waals surface area contributed by atoms with Crippen LogP contribution >= 0.6 is 22.7 Å². The van der Waals surface area contributed by atoms with E-state index in [2.05, 4.69) is 432 Å². The highest BCUT2D eigenvalue weighted by Gasteiger charge is 2.53. The Bertz CT molecular complexity index is 5430. The predicted molar refractivity (Wildman–Crippen MR) is 492 cm³/mol. The van der Waals surface area contributed by atoms with Crippen LogP contribution in [0.2, 0.25) is 0 Å². The minimum Gasteiger partial charge on any atom is -0.399 e. The van der Waals surface area contributed by atoms with Gasteiger partial charge in [-0.25, -0.2) is 0 Å². The molecule has 0 atom stereocenters. The Kier molecular flexibility index (Phi) is 21.8. The number of aryl methyl sites for hydroxylation is 2. The van der Waals surface area contributed by atoms with Gasteiger partial charge in [-0.3, -0.25) is 0 Å². The molecular formula is C107H94B2O4S2. The van der Waals surface area contributed by atoms with Crippen LogP contribution in [0.15, 0.2) is 363 Å². The second kappa shape index (κ2) is 32.4. The van der Waals surface area contributed by atoms with Crippen LogP contribution in [0.1, 0.15) is 73.9 Å². The molecule has 0 bridgehead atoms. The first-order chi connectivity index (χ1) is 55.4. The zero-order chi connectivity index (χ0) is 78.3. The first-order valence-electron chi connectivity index (χ1n) is 39.5. The summed E-state index contributed by atoms with van der Waals surface area (Å²) in [7, 11) is -0.929. The van der Waals surface area contributed by atoms with Gasteiger partial charge in [-0.2, -0.15) is 0 Å². The topological polar surface area (TPSA) is 36.9 Å². The van der Waals surface area contributed by atoms with Crippen molar-refractivity contribution >= 4 is 47.8 Å². The predicted octanol–water partition coefficient (Wildman–Crippen LogP) is 28.7. The van der Waals surface area contributed by atoms with Crippen molar-refractivity contribution < 1.29 is 18.6 Å². The molecule has 2 saturated heterocycles. The molecule has 0 saturated carbocycles. The van der Waals surface area contributed by atoms with Crippen molar-refractivity contribution in [2.24, 2.45) is 0 Å². The second-order valence-corrected chi connectivity index (χ2v) is 33.7. The van der Waals surface area contributed by atoms with Crippen molar-refractivity contribution in [2.75, 3.05) is 0 Å². The van der Waals surface area contributed by atoms with Crippen molar-refractivity contribution in [1.29, 1.82) is 0 Å². The van der Waals surface area contributed by atoms with Crippen LogP contribution in [0.4, 0.5) is 0 Å². The van der Waals surface area contributed by atoms with Crippen molar-refractivity contribution in [2.45, 2.75) is 99.1 Å². The Labute approximate surface area is 688 Å². The second-order valence-electron chi connectivity index (χ2n) is 31.9. The summed E-state index contributed by atoms with van der Waals surface area (Å²) in [6.45, 7) is 21.2. The van der Waals surface area contributed by atoms with E-state index in [0.29, 0.717) is 0 Å². The maximum absolute atomic E-state index is 6.52. The summed E-state index contributed by atoms with van der Waals surface area (Å²) in [6, 6.07) is 128. The van der Waals surface area contributed by atoms with E-state index in [0.717, 1.165) is 77.7 Å². The van der Waals surface area contributed by atoms with E-state index in [1.54, 1.807) is 22.7 Å². The number of rotatable bonds is 16. The number of thiophene rings is 2. The Hall–Kier alpha value is -11.6. The maximum atomic E-state index is 6.52. The summed E-state index contributed by atoms with van der Waals surface area (Å²) in [6.07, 6.45) is 0. The molecule has 2 fully saturated rings. The molecule has 14 aromatic carbocycles. The zero-order valence-electron chi connectivity index (χ0n) is 66.2. The maximum Gasteiger partial charge on any atom is 0.494 e. The quantitative estimate of drug-likeness (QED) is 0.0904. The van der Waals surface area contributed by atoms with Gasteiger partial charge in [0.2, 0.25) is 0 Å². The van der Waals surface area contributed by atoms with Gasteiger partial charge in [-0.1, -0.05) is 347 Å². The molecule has 0 unspecified atom stereocenters. The Morgan fingerprint density at radius 2 is 0.339 bits per heavy atom. The van der Waals surface area contributed by atoms with E-state index in [1.165, 1.54) is 98.8 Å². The van der Waals surface area contributed by atoms with Gasteiger partial charge in [0.05, 0.1) is 22.4 Å². The van der Waals surface area contributed by atoms with Crippen LogP contribution in [0, 0.1) is 13.8 Å². The van der Waals surface area contributed by atoms with Gasteiger partial charge < -0.3 is 18.6 Å². The SMILES string of the molecule is C.CC1(C)OB(c2ccc(-c3c(-c4ccccc4)c(-c4ccccc4)c(-c4ccc(B5OC(C)(C)C(C)(C)O5)cc4)c(-c4ccccc4)c3-c3ccccc3)cc2)OC1(C)C.Cc1ccsc1-c1ccc(-c2c(-c3ccccc3)c(-c3ccccc3)c(-c3ccc(-c4sccc4C)cc3)c(-c3ccccc3)c2-c2ccccc2)cc1. The highest BCUT2D eigenvalue weighted by molar-refractivity contribution is 7.14. The van der Waals surface area contributed by atoms with Gasteiger partial charge in [-0.15, -0.1) is 22.7 Å². The van der Waals surface area contributed by atoms with E-state index in [1.807, 2.05) is 0 Å². The Morgan fingerprint density at radius 1 is 0.191 bits per heavy atom. The molecule has 4 nitrogen and oxygen atoms in total. The average molecular weight is 1530 g/mol. The standard InChI is InChI=1S/C54H52B2O4.C52H38S2.CH4/c1-51(2)52(3,4)58-55(57-51)43-33-29-41(30-34-43)49-45(37-21-13-9-14-22-37)47(39-25-17-11-18-26-39)50(42-31-35-44(36-32-42)56-59-53(5,6)54(7,8)60-56)48(40-27-19-12-20-28-40)46(49)38-23-15-10-16-24-38;1-35-31-33-53-51(35)43-27-23-41(24-28-43)49-45(37-15-7-3-8-16-37)47(39-19-11-5-12-20-39)50(42-25-29-44(30-26-42)52-36(2)32-34-54-52)48(40-21-13-6-14-22-40)46(49)38-17-9-4-10-18-38;/h9-36H,1-8H3;3-34H,1-2H3;1H4. The third kappa shape index (κ3) is 15.0. The molecule has 16 aromatic rings. The fourth-order valence-electron chi connectivity index (χ4n) is 16.3. The average Bonchev–Trinajstić information content (AvgIpc) is 1.09. The van der Waals surface area contributed by atoms with Crippen molar-refractivity contribution in [3.05, 3.63) is 374 Å². The zero-order valence-corrected chi connectivity index (χ0v) is 67.9. The third-order valence-electron chi connectivity index (χ3n) is 23.5. The highest BCUT2D eigenvalue weighted by atomic mass is 32.1. The molecule has 2 aliphatic rings. The third-order valence-corrected chi connectivity index (χ3v) is 25.7. The van der Waals surface area contributed by atoms with E-state index in [9.17, 15) is 0 Å². The molecule has 4 heterocycles. The summed E-state index contributed by atoms with van der Waals surface area (Å²) < 4.78 is 26.1.